The highest BCUT2D eigenvalue weighted by molar-refractivity contribution is 9.10. The van der Waals surface area contributed by atoms with Gasteiger partial charge in [-0.05, 0) is 35.0 Å². The van der Waals surface area contributed by atoms with Crippen LogP contribution in [0, 0.1) is 12.7 Å². The van der Waals surface area contributed by atoms with Crippen molar-refractivity contribution >= 4 is 49.8 Å². The average molecular weight is 483 g/mol. The molecule has 3 heterocycles. The SMILES string of the molecule is Cc1c(Br)c(-c2nnc(Nc3ccn(Cc4c(F)cccc4Cl)n3)s2)nn1C. The van der Waals surface area contributed by atoms with Crippen molar-refractivity contribution in [1.29, 1.82) is 0 Å². The first kappa shape index (κ1) is 19.0. The summed E-state index contributed by atoms with van der Waals surface area (Å²) < 4.78 is 18.2. The molecule has 0 unspecified atom stereocenters. The monoisotopic (exact) mass is 481 g/mol. The van der Waals surface area contributed by atoms with E-state index in [1.807, 2.05) is 14.0 Å². The van der Waals surface area contributed by atoms with E-state index in [4.69, 9.17) is 11.6 Å². The van der Waals surface area contributed by atoms with Crippen LogP contribution in [0.4, 0.5) is 15.3 Å². The van der Waals surface area contributed by atoms with Gasteiger partial charge in [0.2, 0.25) is 5.13 Å². The van der Waals surface area contributed by atoms with Gasteiger partial charge in [0.05, 0.1) is 11.0 Å². The predicted octanol–water partition coefficient (Wildman–Crippen LogP) is 4.79. The van der Waals surface area contributed by atoms with Crippen LogP contribution in [0.2, 0.25) is 5.02 Å². The van der Waals surface area contributed by atoms with Gasteiger partial charge in [0.1, 0.15) is 11.5 Å². The van der Waals surface area contributed by atoms with Crippen LogP contribution in [0.1, 0.15) is 11.3 Å². The molecule has 4 rings (SSSR count). The molecule has 0 fully saturated rings. The zero-order valence-electron chi connectivity index (χ0n) is 14.8. The van der Waals surface area contributed by atoms with Gasteiger partial charge in [-0.3, -0.25) is 9.36 Å². The fraction of sp³-hybridized carbons (Fsp3) is 0.176. The fourth-order valence-electron chi connectivity index (χ4n) is 2.56. The topological polar surface area (TPSA) is 73.5 Å². The van der Waals surface area contributed by atoms with Crippen LogP contribution in [0.5, 0.6) is 0 Å². The van der Waals surface area contributed by atoms with E-state index in [0.717, 1.165) is 15.9 Å². The minimum Gasteiger partial charge on any atom is -0.313 e. The van der Waals surface area contributed by atoms with Crippen molar-refractivity contribution in [2.24, 2.45) is 7.05 Å². The van der Waals surface area contributed by atoms with E-state index < -0.39 is 0 Å². The van der Waals surface area contributed by atoms with Crippen LogP contribution in [-0.2, 0) is 13.6 Å². The molecule has 0 radical (unpaired) electrons. The van der Waals surface area contributed by atoms with Gasteiger partial charge in [-0.2, -0.15) is 10.2 Å². The number of hydrogen-bond donors (Lipinski definition) is 1. The lowest BCUT2D eigenvalue weighted by Crippen LogP contribution is -2.04. The van der Waals surface area contributed by atoms with Crippen LogP contribution in [0.15, 0.2) is 34.9 Å². The number of anilines is 2. The number of aromatic nitrogens is 6. The molecule has 0 saturated heterocycles. The van der Waals surface area contributed by atoms with Crippen molar-refractivity contribution in [3.8, 4) is 10.7 Å². The number of aryl methyl sites for hydroxylation is 1. The van der Waals surface area contributed by atoms with Gasteiger partial charge in [-0.25, -0.2) is 4.39 Å². The minimum atomic E-state index is -0.359. The maximum absolute atomic E-state index is 13.9. The van der Waals surface area contributed by atoms with Gasteiger partial charge in [-0.15, -0.1) is 10.2 Å². The molecule has 0 atom stereocenters. The number of halogens is 3. The van der Waals surface area contributed by atoms with E-state index in [-0.39, 0.29) is 12.4 Å². The summed E-state index contributed by atoms with van der Waals surface area (Å²) in [5, 5.41) is 21.9. The van der Waals surface area contributed by atoms with Crippen LogP contribution in [0.25, 0.3) is 10.7 Å². The van der Waals surface area contributed by atoms with Crippen LogP contribution in [0.3, 0.4) is 0 Å². The van der Waals surface area contributed by atoms with Gasteiger partial charge in [0.15, 0.2) is 10.8 Å². The van der Waals surface area contributed by atoms with Gasteiger partial charge in [0, 0.05) is 35.6 Å². The minimum absolute atomic E-state index is 0.231. The maximum atomic E-state index is 13.9. The van der Waals surface area contributed by atoms with Gasteiger partial charge in [-0.1, -0.05) is 29.0 Å². The number of hydrogen-bond acceptors (Lipinski definition) is 6. The molecular weight excluding hydrogens is 469 g/mol. The highest BCUT2D eigenvalue weighted by atomic mass is 79.9. The van der Waals surface area contributed by atoms with Crippen molar-refractivity contribution in [3.05, 3.63) is 57.0 Å². The third-order valence-electron chi connectivity index (χ3n) is 4.15. The van der Waals surface area contributed by atoms with Gasteiger partial charge < -0.3 is 5.32 Å². The molecule has 28 heavy (non-hydrogen) atoms. The first-order chi connectivity index (χ1) is 13.4. The summed E-state index contributed by atoms with van der Waals surface area (Å²) in [7, 11) is 1.87. The molecule has 1 N–H and O–H groups in total. The summed E-state index contributed by atoms with van der Waals surface area (Å²) >= 11 is 11.0. The molecule has 4 aromatic rings. The summed E-state index contributed by atoms with van der Waals surface area (Å²) in [5.41, 5.74) is 2.14. The Bertz CT molecular complexity index is 1130. The third kappa shape index (κ3) is 3.67. The lowest BCUT2D eigenvalue weighted by atomic mass is 10.2. The molecule has 0 aliphatic carbocycles. The Morgan fingerprint density at radius 2 is 2.07 bits per heavy atom. The Balaban J connectivity index is 1.50. The Morgan fingerprint density at radius 3 is 2.79 bits per heavy atom. The zero-order chi connectivity index (χ0) is 19.8. The van der Waals surface area contributed by atoms with E-state index in [1.54, 1.807) is 33.8 Å². The second kappa shape index (κ2) is 7.61. The lowest BCUT2D eigenvalue weighted by molar-refractivity contribution is 0.586. The quantitative estimate of drug-likeness (QED) is 0.443. The molecule has 1 aromatic carbocycles. The summed E-state index contributed by atoms with van der Waals surface area (Å²) in [4.78, 5) is 0. The molecule has 0 aliphatic heterocycles. The second-order valence-electron chi connectivity index (χ2n) is 6.01. The summed E-state index contributed by atoms with van der Waals surface area (Å²) in [5.74, 6) is 0.217. The van der Waals surface area contributed by atoms with Gasteiger partial charge >= 0.3 is 0 Å². The fourth-order valence-corrected chi connectivity index (χ4v) is 4.18. The van der Waals surface area contributed by atoms with E-state index in [9.17, 15) is 4.39 Å². The Kier molecular flexibility index (Phi) is 5.17. The Morgan fingerprint density at radius 1 is 1.25 bits per heavy atom. The molecule has 3 aromatic heterocycles. The largest absolute Gasteiger partial charge is 0.313 e. The molecule has 0 bridgehead atoms. The molecule has 0 spiro atoms. The van der Waals surface area contributed by atoms with E-state index in [1.165, 1.54) is 17.4 Å². The first-order valence-corrected chi connectivity index (χ1v) is 10.2. The van der Waals surface area contributed by atoms with Crippen LogP contribution < -0.4 is 5.32 Å². The molecular formula is C17H14BrClFN7S. The van der Waals surface area contributed by atoms with Crippen molar-refractivity contribution < 1.29 is 4.39 Å². The molecule has 11 heteroatoms. The predicted molar refractivity (Wildman–Crippen MR) is 111 cm³/mol. The number of rotatable bonds is 5. The normalized spacial score (nSPS) is 11.2. The maximum Gasteiger partial charge on any atom is 0.211 e. The number of nitrogens with zero attached hydrogens (tertiary/aromatic N) is 6. The lowest BCUT2D eigenvalue weighted by Gasteiger charge is -2.05. The summed E-state index contributed by atoms with van der Waals surface area (Å²) in [6.07, 6.45) is 1.74. The van der Waals surface area contributed by atoms with Crippen molar-refractivity contribution in [1.82, 2.24) is 29.8 Å². The third-order valence-corrected chi connectivity index (χ3v) is 6.29. The van der Waals surface area contributed by atoms with E-state index >= 15 is 0 Å². The Hall–Kier alpha value is -2.30. The molecule has 7 nitrogen and oxygen atoms in total. The van der Waals surface area contributed by atoms with Crippen molar-refractivity contribution in [2.45, 2.75) is 13.5 Å². The van der Waals surface area contributed by atoms with Gasteiger partial charge in [0.25, 0.3) is 0 Å². The highest BCUT2D eigenvalue weighted by Crippen LogP contribution is 2.33. The molecule has 0 aliphatic rings. The summed E-state index contributed by atoms with van der Waals surface area (Å²) in [6.45, 7) is 2.20. The smallest absolute Gasteiger partial charge is 0.211 e. The number of benzene rings is 1. The number of nitrogens with one attached hydrogen (secondary N) is 1. The zero-order valence-corrected chi connectivity index (χ0v) is 18.0. The first-order valence-electron chi connectivity index (χ1n) is 8.18. The average Bonchev–Trinajstić information content (AvgIpc) is 3.36. The van der Waals surface area contributed by atoms with Crippen molar-refractivity contribution in [3.63, 3.8) is 0 Å². The summed E-state index contributed by atoms with van der Waals surface area (Å²) in [6, 6.07) is 6.38. The van der Waals surface area contributed by atoms with E-state index in [2.05, 4.69) is 41.6 Å². The second-order valence-corrected chi connectivity index (χ2v) is 8.19. The molecule has 144 valence electrons. The van der Waals surface area contributed by atoms with E-state index in [0.29, 0.717) is 26.5 Å². The highest BCUT2D eigenvalue weighted by Gasteiger charge is 2.17. The molecule has 0 amide bonds. The van der Waals surface area contributed by atoms with Crippen LogP contribution in [-0.4, -0.2) is 29.8 Å². The van der Waals surface area contributed by atoms with Crippen molar-refractivity contribution in [2.75, 3.05) is 5.32 Å². The molecule has 0 saturated carbocycles. The Labute approximate surface area is 177 Å². The van der Waals surface area contributed by atoms with Crippen LogP contribution >= 0.6 is 38.9 Å². The standard InChI is InChI=1S/C17H14BrClFN7S/c1-9-14(18)15(25-26(9)2)16-22-23-17(28-16)21-13-6-7-27(24-13)8-10-11(19)4-3-5-12(10)20/h3-7H,8H2,1-2H3,(H,21,23,24).